The van der Waals surface area contributed by atoms with Crippen molar-refractivity contribution >= 4 is 28.5 Å². The number of methoxy groups -OCH3 is 1. The third kappa shape index (κ3) is 3.03. The number of ether oxygens (including phenoxy) is 1. The number of carbonyl (C=O) groups is 1. The van der Waals surface area contributed by atoms with Gasteiger partial charge in [-0.1, -0.05) is 29.8 Å². The quantitative estimate of drug-likeness (QED) is 0.775. The van der Waals surface area contributed by atoms with Crippen LogP contribution in [0.25, 0.3) is 11.0 Å². The van der Waals surface area contributed by atoms with E-state index < -0.39 is 0 Å². The molecule has 0 atom stereocenters. The molecule has 1 amide bonds. The molecule has 3 aromatic rings. The van der Waals surface area contributed by atoms with Gasteiger partial charge in [-0.05, 0) is 36.8 Å². The summed E-state index contributed by atoms with van der Waals surface area (Å²) in [6, 6.07) is 12.9. The van der Waals surface area contributed by atoms with Crippen LogP contribution < -0.4 is 10.1 Å². The van der Waals surface area contributed by atoms with Crippen LogP contribution in [0.15, 0.2) is 46.9 Å². The van der Waals surface area contributed by atoms with Crippen molar-refractivity contribution in [3.63, 3.8) is 0 Å². The molecular weight excluding hydrogens is 314 g/mol. The molecule has 0 aliphatic rings. The second kappa shape index (κ2) is 6.34. The Kier molecular flexibility index (Phi) is 4.26. The van der Waals surface area contributed by atoms with Crippen LogP contribution in [0.2, 0.25) is 5.02 Å². The molecule has 0 fully saturated rings. The molecular formula is C18H16ClNO3. The molecule has 1 heterocycles. The highest BCUT2D eigenvalue weighted by Gasteiger charge is 2.18. The van der Waals surface area contributed by atoms with Crippen LogP contribution in [0.3, 0.4) is 0 Å². The fraction of sp³-hybridized carbons (Fsp3) is 0.167. The van der Waals surface area contributed by atoms with Gasteiger partial charge in [0.1, 0.15) is 11.3 Å². The van der Waals surface area contributed by atoms with Gasteiger partial charge in [0.25, 0.3) is 5.91 Å². The highest BCUT2D eigenvalue weighted by molar-refractivity contribution is 6.31. The van der Waals surface area contributed by atoms with E-state index in [1.165, 1.54) is 0 Å². The Hall–Kier alpha value is -2.46. The molecule has 0 unspecified atom stereocenters. The topological polar surface area (TPSA) is 51.5 Å². The Morgan fingerprint density at radius 1 is 1.26 bits per heavy atom. The summed E-state index contributed by atoms with van der Waals surface area (Å²) in [4.78, 5) is 12.4. The normalized spacial score (nSPS) is 10.7. The van der Waals surface area contributed by atoms with Crippen molar-refractivity contribution in [1.29, 1.82) is 0 Å². The van der Waals surface area contributed by atoms with Gasteiger partial charge >= 0.3 is 0 Å². The maximum absolute atomic E-state index is 12.4. The summed E-state index contributed by atoms with van der Waals surface area (Å²) in [7, 11) is 1.60. The minimum Gasteiger partial charge on any atom is -0.497 e. The zero-order valence-electron chi connectivity index (χ0n) is 12.9. The van der Waals surface area contributed by atoms with E-state index in [0.29, 0.717) is 22.9 Å². The SMILES string of the molecule is COc1ccc2oc(C(=O)NCc3ccccc3Cl)c(C)c2c1. The van der Waals surface area contributed by atoms with Crippen LogP contribution in [0, 0.1) is 6.92 Å². The predicted octanol–water partition coefficient (Wildman–Crippen LogP) is 4.33. The molecule has 0 radical (unpaired) electrons. The second-order valence-corrected chi connectivity index (χ2v) is 5.60. The number of hydrogen-bond acceptors (Lipinski definition) is 3. The fourth-order valence-electron chi connectivity index (χ4n) is 2.44. The molecule has 0 spiro atoms. The number of carbonyl (C=O) groups excluding carboxylic acids is 1. The molecule has 5 heteroatoms. The summed E-state index contributed by atoms with van der Waals surface area (Å²) in [5.74, 6) is 0.766. The average Bonchev–Trinajstić information content (AvgIpc) is 2.90. The molecule has 1 aromatic heterocycles. The minimum absolute atomic E-state index is 0.266. The molecule has 0 saturated heterocycles. The molecule has 2 aromatic carbocycles. The molecule has 3 rings (SSSR count). The largest absolute Gasteiger partial charge is 0.497 e. The smallest absolute Gasteiger partial charge is 0.287 e. The summed E-state index contributed by atoms with van der Waals surface area (Å²) in [5.41, 5.74) is 2.31. The number of furan rings is 1. The van der Waals surface area contributed by atoms with E-state index in [1.807, 2.05) is 31.2 Å². The molecule has 0 bridgehead atoms. The zero-order chi connectivity index (χ0) is 16.4. The number of rotatable bonds is 4. The van der Waals surface area contributed by atoms with Crippen molar-refractivity contribution < 1.29 is 13.9 Å². The van der Waals surface area contributed by atoms with Gasteiger partial charge < -0.3 is 14.5 Å². The number of benzene rings is 2. The number of amides is 1. The molecule has 118 valence electrons. The standard InChI is InChI=1S/C18H16ClNO3/c1-11-14-9-13(22-2)7-8-16(14)23-17(11)18(21)20-10-12-5-3-4-6-15(12)19/h3-9H,10H2,1-2H3,(H,20,21). The van der Waals surface area contributed by atoms with Gasteiger partial charge in [-0.25, -0.2) is 0 Å². The first-order valence-corrected chi connectivity index (χ1v) is 7.56. The second-order valence-electron chi connectivity index (χ2n) is 5.19. The Balaban J connectivity index is 1.83. The summed E-state index contributed by atoms with van der Waals surface area (Å²) in [5, 5.41) is 4.33. The lowest BCUT2D eigenvalue weighted by Gasteiger charge is -2.05. The van der Waals surface area contributed by atoms with Crippen LogP contribution in [0.1, 0.15) is 21.7 Å². The summed E-state index contributed by atoms with van der Waals surface area (Å²) in [6.45, 7) is 2.20. The maximum atomic E-state index is 12.4. The lowest BCUT2D eigenvalue weighted by molar-refractivity contribution is 0.0924. The van der Waals surface area contributed by atoms with E-state index in [0.717, 1.165) is 22.3 Å². The number of fused-ring (bicyclic) bond motifs is 1. The van der Waals surface area contributed by atoms with Gasteiger partial charge in [0.05, 0.1) is 7.11 Å². The monoisotopic (exact) mass is 329 g/mol. The third-order valence-electron chi connectivity index (χ3n) is 3.75. The molecule has 4 nitrogen and oxygen atoms in total. The number of hydrogen-bond donors (Lipinski definition) is 1. The average molecular weight is 330 g/mol. The van der Waals surface area contributed by atoms with Gasteiger partial charge in [-0.15, -0.1) is 0 Å². The highest BCUT2D eigenvalue weighted by atomic mass is 35.5. The van der Waals surface area contributed by atoms with Crippen LogP contribution in [0.4, 0.5) is 0 Å². The number of nitrogens with one attached hydrogen (secondary N) is 1. The molecule has 0 saturated carbocycles. The van der Waals surface area contributed by atoms with Gasteiger partial charge in [0.15, 0.2) is 5.76 Å². The highest BCUT2D eigenvalue weighted by Crippen LogP contribution is 2.28. The van der Waals surface area contributed by atoms with Crippen molar-refractivity contribution in [3.05, 3.63) is 64.4 Å². The molecule has 0 aliphatic carbocycles. The van der Waals surface area contributed by atoms with E-state index in [9.17, 15) is 4.79 Å². The van der Waals surface area contributed by atoms with Gasteiger partial charge in [-0.3, -0.25) is 4.79 Å². The summed E-state index contributed by atoms with van der Waals surface area (Å²) >= 11 is 6.09. The van der Waals surface area contributed by atoms with E-state index in [1.54, 1.807) is 25.3 Å². The Morgan fingerprint density at radius 3 is 2.78 bits per heavy atom. The molecule has 0 aliphatic heterocycles. The van der Waals surface area contributed by atoms with E-state index in [-0.39, 0.29) is 5.91 Å². The van der Waals surface area contributed by atoms with Crippen molar-refractivity contribution in [2.24, 2.45) is 0 Å². The van der Waals surface area contributed by atoms with Crippen molar-refractivity contribution in [2.75, 3.05) is 7.11 Å². The van der Waals surface area contributed by atoms with Crippen molar-refractivity contribution in [2.45, 2.75) is 13.5 Å². The molecule has 1 N–H and O–H groups in total. The summed E-state index contributed by atoms with van der Waals surface area (Å²) < 4.78 is 10.9. The fourth-order valence-corrected chi connectivity index (χ4v) is 2.64. The lowest BCUT2D eigenvalue weighted by atomic mass is 10.1. The van der Waals surface area contributed by atoms with Gasteiger partial charge in [0, 0.05) is 22.5 Å². The minimum atomic E-state index is -0.266. The lowest BCUT2D eigenvalue weighted by Crippen LogP contribution is -2.23. The molecule has 23 heavy (non-hydrogen) atoms. The zero-order valence-corrected chi connectivity index (χ0v) is 13.6. The van der Waals surface area contributed by atoms with Gasteiger partial charge in [-0.2, -0.15) is 0 Å². The van der Waals surface area contributed by atoms with Crippen LogP contribution in [-0.2, 0) is 6.54 Å². The van der Waals surface area contributed by atoms with Crippen molar-refractivity contribution in [1.82, 2.24) is 5.32 Å². The van der Waals surface area contributed by atoms with Gasteiger partial charge in [0.2, 0.25) is 0 Å². The Morgan fingerprint density at radius 2 is 2.04 bits per heavy atom. The van der Waals surface area contributed by atoms with E-state index in [4.69, 9.17) is 20.8 Å². The Bertz CT molecular complexity index is 870. The van der Waals surface area contributed by atoms with E-state index in [2.05, 4.69) is 5.32 Å². The summed E-state index contributed by atoms with van der Waals surface area (Å²) in [6.07, 6.45) is 0. The van der Waals surface area contributed by atoms with E-state index >= 15 is 0 Å². The first-order chi connectivity index (χ1) is 11.1. The van der Waals surface area contributed by atoms with Crippen LogP contribution in [-0.4, -0.2) is 13.0 Å². The van der Waals surface area contributed by atoms with Crippen molar-refractivity contribution in [3.8, 4) is 5.75 Å². The predicted molar refractivity (Wildman–Crippen MR) is 90.1 cm³/mol. The number of halogens is 1. The van der Waals surface area contributed by atoms with Crippen LogP contribution in [0.5, 0.6) is 5.75 Å². The van der Waals surface area contributed by atoms with Crippen LogP contribution >= 0.6 is 11.6 Å². The third-order valence-corrected chi connectivity index (χ3v) is 4.12. The first kappa shape index (κ1) is 15.4. The number of aryl methyl sites for hydroxylation is 1. The maximum Gasteiger partial charge on any atom is 0.287 e. The Labute approximate surface area is 139 Å². The first-order valence-electron chi connectivity index (χ1n) is 7.19.